The highest BCUT2D eigenvalue weighted by atomic mass is 16.3. The van der Waals surface area contributed by atoms with Crippen LogP contribution in [0.4, 0.5) is 5.82 Å². The molecule has 21 heavy (non-hydrogen) atoms. The molecule has 0 radical (unpaired) electrons. The summed E-state index contributed by atoms with van der Waals surface area (Å²) in [6.45, 7) is 2.90. The van der Waals surface area contributed by atoms with Gasteiger partial charge in [-0.25, -0.2) is 9.97 Å². The van der Waals surface area contributed by atoms with E-state index in [0.29, 0.717) is 5.92 Å². The Balaban J connectivity index is 1.80. The second-order valence-corrected chi connectivity index (χ2v) is 5.80. The summed E-state index contributed by atoms with van der Waals surface area (Å²) in [7, 11) is 2.04. The van der Waals surface area contributed by atoms with E-state index in [1.165, 1.54) is 0 Å². The van der Waals surface area contributed by atoms with Gasteiger partial charge < -0.3 is 10.0 Å². The van der Waals surface area contributed by atoms with Crippen LogP contribution in [0.3, 0.4) is 0 Å². The first-order valence-corrected chi connectivity index (χ1v) is 7.27. The van der Waals surface area contributed by atoms with Crippen molar-refractivity contribution in [3.8, 4) is 11.4 Å². The van der Waals surface area contributed by atoms with Crippen LogP contribution in [-0.2, 0) is 0 Å². The van der Waals surface area contributed by atoms with Crippen molar-refractivity contribution in [2.24, 2.45) is 5.92 Å². The summed E-state index contributed by atoms with van der Waals surface area (Å²) in [6.07, 6.45) is 5.18. The van der Waals surface area contributed by atoms with Gasteiger partial charge in [-0.2, -0.15) is 0 Å². The van der Waals surface area contributed by atoms with Crippen LogP contribution >= 0.6 is 0 Å². The van der Waals surface area contributed by atoms with Crippen molar-refractivity contribution in [2.75, 3.05) is 18.5 Å². The number of hydrogen-bond acceptors (Lipinski definition) is 5. The summed E-state index contributed by atoms with van der Waals surface area (Å²) in [6, 6.07) is 5.83. The van der Waals surface area contributed by atoms with Crippen LogP contribution in [0.1, 0.15) is 18.5 Å². The Labute approximate surface area is 124 Å². The van der Waals surface area contributed by atoms with Crippen LogP contribution in [-0.4, -0.2) is 39.8 Å². The molecule has 0 bridgehead atoms. The largest absolute Gasteiger partial charge is 0.393 e. The predicted octanol–water partition coefficient (Wildman–Crippen LogP) is 2.05. The first-order valence-electron chi connectivity index (χ1n) is 7.27. The molecule has 110 valence electrons. The topological polar surface area (TPSA) is 62.1 Å². The molecule has 1 aliphatic rings. The van der Waals surface area contributed by atoms with Gasteiger partial charge >= 0.3 is 0 Å². The fourth-order valence-corrected chi connectivity index (χ4v) is 2.71. The van der Waals surface area contributed by atoms with Crippen LogP contribution < -0.4 is 4.90 Å². The van der Waals surface area contributed by atoms with E-state index in [1.54, 1.807) is 12.4 Å². The molecule has 1 saturated carbocycles. The number of rotatable bonds is 4. The van der Waals surface area contributed by atoms with E-state index in [0.717, 1.165) is 42.3 Å². The third-order valence-corrected chi connectivity index (χ3v) is 3.91. The Hall–Kier alpha value is -2.01. The molecule has 0 saturated heterocycles. The molecule has 5 heteroatoms. The van der Waals surface area contributed by atoms with Crippen molar-refractivity contribution in [3.05, 3.63) is 36.3 Å². The second kappa shape index (κ2) is 5.77. The normalized spacial score (nSPS) is 20.9. The van der Waals surface area contributed by atoms with Crippen molar-refractivity contribution in [3.63, 3.8) is 0 Å². The molecule has 2 aromatic rings. The molecule has 2 aromatic heterocycles. The summed E-state index contributed by atoms with van der Waals surface area (Å²) >= 11 is 0. The van der Waals surface area contributed by atoms with Gasteiger partial charge in [0.1, 0.15) is 5.82 Å². The maximum Gasteiger partial charge on any atom is 0.161 e. The number of nitrogens with zero attached hydrogens (tertiary/aromatic N) is 4. The Morgan fingerprint density at radius 2 is 1.95 bits per heavy atom. The quantitative estimate of drug-likeness (QED) is 0.931. The van der Waals surface area contributed by atoms with E-state index >= 15 is 0 Å². The van der Waals surface area contributed by atoms with E-state index in [2.05, 4.69) is 19.9 Å². The van der Waals surface area contributed by atoms with Gasteiger partial charge in [0.25, 0.3) is 0 Å². The Morgan fingerprint density at radius 1 is 1.24 bits per heavy atom. The summed E-state index contributed by atoms with van der Waals surface area (Å²) in [5, 5.41) is 9.39. The minimum Gasteiger partial charge on any atom is -0.393 e. The molecule has 0 amide bonds. The fourth-order valence-electron chi connectivity index (χ4n) is 2.71. The third kappa shape index (κ3) is 3.19. The Kier molecular flexibility index (Phi) is 3.84. The van der Waals surface area contributed by atoms with Gasteiger partial charge in [0, 0.05) is 43.3 Å². The van der Waals surface area contributed by atoms with Gasteiger partial charge in [-0.15, -0.1) is 0 Å². The highest BCUT2D eigenvalue weighted by Crippen LogP contribution is 2.29. The monoisotopic (exact) mass is 284 g/mol. The summed E-state index contributed by atoms with van der Waals surface area (Å²) in [4.78, 5) is 15.3. The SMILES string of the molecule is Cc1cc(N(C)CC2CC(O)C2)nc(-c2ccncc2)n1. The number of aromatic nitrogens is 3. The van der Waals surface area contributed by atoms with E-state index in [1.807, 2.05) is 32.2 Å². The van der Waals surface area contributed by atoms with Gasteiger partial charge in [0.2, 0.25) is 0 Å². The average Bonchev–Trinajstić information content (AvgIpc) is 2.46. The molecule has 0 spiro atoms. The molecule has 2 heterocycles. The lowest BCUT2D eigenvalue weighted by Gasteiger charge is -2.34. The van der Waals surface area contributed by atoms with E-state index in [9.17, 15) is 5.11 Å². The molecule has 0 aliphatic heterocycles. The first-order chi connectivity index (χ1) is 10.1. The first kappa shape index (κ1) is 13.9. The van der Waals surface area contributed by atoms with Gasteiger partial charge in [0.15, 0.2) is 5.82 Å². The second-order valence-electron chi connectivity index (χ2n) is 5.80. The van der Waals surface area contributed by atoms with Gasteiger partial charge in [-0.3, -0.25) is 4.98 Å². The van der Waals surface area contributed by atoms with Crippen molar-refractivity contribution in [1.29, 1.82) is 0 Å². The van der Waals surface area contributed by atoms with Crippen LogP contribution in [0.5, 0.6) is 0 Å². The average molecular weight is 284 g/mol. The molecule has 1 N–H and O–H groups in total. The summed E-state index contributed by atoms with van der Waals surface area (Å²) in [5.74, 6) is 2.22. The molecule has 0 atom stereocenters. The number of anilines is 1. The van der Waals surface area contributed by atoms with Gasteiger partial charge in [0.05, 0.1) is 6.10 Å². The van der Waals surface area contributed by atoms with Crippen molar-refractivity contribution in [2.45, 2.75) is 25.9 Å². The van der Waals surface area contributed by atoms with Crippen molar-refractivity contribution in [1.82, 2.24) is 15.0 Å². The minimum absolute atomic E-state index is 0.108. The molecule has 0 aromatic carbocycles. The smallest absolute Gasteiger partial charge is 0.161 e. The molecule has 1 fully saturated rings. The van der Waals surface area contributed by atoms with Crippen LogP contribution in [0, 0.1) is 12.8 Å². The lowest BCUT2D eigenvalue weighted by Crippen LogP contribution is -2.37. The molecular weight excluding hydrogens is 264 g/mol. The standard InChI is InChI=1S/C16H20N4O/c1-11-7-15(20(2)10-12-8-14(21)9-12)19-16(18-11)13-3-5-17-6-4-13/h3-7,12,14,21H,8-10H2,1-2H3. The zero-order chi connectivity index (χ0) is 14.8. The highest BCUT2D eigenvalue weighted by molar-refractivity contribution is 5.57. The zero-order valence-corrected chi connectivity index (χ0v) is 12.4. The lowest BCUT2D eigenvalue weighted by atomic mass is 9.82. The third-order valence-electron chi connectivity index (χ3n) is 3.91. The van der Waals surface area contributed by atoms with Crippen molar-refractivity contribution >= 4 is 5.82 Å². The summed E-state index contributed by atoms with van der Waals surface area (Å²) < 4.78 is 0. The van der Waals surface area contributed by atoms with Crippen LogP contribution in [0.2, 0.25) is 0 Å². The predicted molar refractivity (Wildman–Crippen MR) is 82.0 cm³/mol. The Morgan fingerprint density at radius 3 is 2.62 bits per heavy atom. The molecular formula is C16H20N4O. The number of aliphatic hydroxyl groups excluding tert-OH is 1. The number of aryl methyl sites for hydroxylation is 1. The van der Waals surface area contributed by atoms with Crippen LogP contribution in [0.15, 0.2) is 30.6 Å². The maximum atomic E-state index is 9.39. The highest BCUT2D eigenvalue weighted by Gasteiger charge is 2.28. The van der Waals surface area contributed by atoms with Crippen LogP contribution in [0.25, 0.3) is 11.4 Å². The minimum atomic E-state index is -0.108. The fraction of sp³-hybridized carbons (Fsp3) is 0.438. The number of hydrogen-bond donors (Lipinski definition) is 1. The number of aliphatic hydroxyl groups is 1. The lowest BCUT2D eigenvalue weighted by molar-refractivity contribution is 0.0464. The Bertz CT molecular complexity index is 611. The molecule has 0 unspecified atom stereocenters. The number of pyridine rings is 1. The summed E-state index contributed by atoms with van der Waals surface area (Å²) in [5.41, 5.74) is 1.93. The molecule has 5 nitrogen and oxygen atoms in total. The maximum absolute atomic E-state index is 9.39. The molecule has 3 rings (SSSR count). The van der Waals surface area contributed by atoms with E-state index in [-0.39, 0.29) is 6.10 Å². The van der Waals surface area contributed by atoms with Crippen molar-refractivity contribution < 1.29 is 5.11 Å². The van der Waals surface area contributed by atoms with E-state index in [4.69, 9.17) is 0 Å². The van der Waals surface area contributed by atoms with E-state index < -0.39 is 0 Å². The van der Waals surface area contributed by atoms with Gasteiger partial charge in [-0.05, 0) is 37.8 Å². The van der Waals surface area contributed by atoms with Gasteiger partial charge in [-0.1, -0.05) is 0 Å². The molecule has 1 aliphatic carbocycles. The zero-order valence-electron chi connectivity index (χ0n) is 12.4.